The standard InChI is InChI=1S/C22H28N2O3/c1-15(2)18-10-12-19(13-11-18)16(3)24-22(26)17(4)23-21(25)14-27-20-8-6-5-7-9-20/h5-13,15-17H,14H2,1-4H3,(H,23,25)(H,24,26). The average Bonchev–Trinajstić information content (AvgIpc) is 2.67. The highest BCUT2D eigenvalue weighted by molar-refractivity contribution is 5.88. The molecule has 2 N–H and O–H groups in total. The largest absolute Gasteiger partial charge is 0.484 e. The van der Waals surface area contributed by atoms with Gasteiger partial charge < -0.3 is 15.4 Å². The van der Waals surface area contributed by atoms with Gasteiger partial charge in [0.1, 0.15) is 11.8 Å². The van der Waals surface area contributed by atoms with Gasteiger partial charge in [-0.25, -0.2) is 0 Å². The molecule has 2 rings (SSSR count). The van der Waals surface area contributed by atoms with Gasteiger partial charge in [0.2, 0.25) is 5.91 Å². The van der Waals surface area contributed by atoms with Crippen LogP contribution in [0.15, 0.2) is 54.6 Å². The number of ether oxygens (including phenoxy) is 1. The number of hydrogen-bond donors (Lipinski definition) is 2. The molecule has 2 atom stereocenters. The monoisotopic (exact) mass is 368 g/mol. The normalized spacial score (nSPS) is 12.9. The summed E-state index contributed by atoms with van der Waals surface area (Å²) in [6, 6.07) is 16.5. The molecule has 0 bridgehead atoms. The van der Waals surface area contributed by atoms with Crippen molar-refractivity contribution in [1.82, 2.24) is 10.6 Å². The summed E-state index contributed by atoms with van der Waals surface area (Å²) in [5.41, 5.74) is 2.29. The predicted octanol–water partition coefficient (Wildman–Crippen LogP) is 3.57. The molecule has 2 unspecified atom stereocenters. The molecule has 0 radical (unpaired) electrons. The fraction of sp³-hybridized carbons (Fsp3) is 0.364. The average molecular weight is 368 g/mol. The third kappa shape index (κ3) is 6.44. The van der Waals surface area contributed by atoms with E-state index in [0.29, 0.717) is 11.7 Å². The lowest BCUT2D eigenvalue weighted by Gasteiger charge is -2.19. The molecule has 0 aliphatic heterocycles. The minimum atomic E-state index is -0.644. The molecule has 0 fully saturated rings. The van der Waals surface area contributed by atoms with Gasteiger partial charge in [-0.15, -0.1) is 0 Å². The minimum absolute atomic E-state index is 0.131. The van der Waals surface area contributed by atoms with E-state index in [9.17, 15) is 9.59 Å². The maximum absolute atomic E-state index is 12.3. The molecule has 0 heterocycles. The van der Waals surface area contributed by atoms with E-state index in [2.05, 4.69) is 36.6 Å². The summed E-state index contributed by atoms with van der Waals surface area (Å²) < 4.78 is 5.39. The van der Waals surface area contributed by atoms with E-state index in [1.54, 1.807) is 19.1 Å². The van der Waals surface area contributed by atoms with E-state index < -0.39 is 6.04 Å². The summed E-state index contributed by atoms with van der Waals surface area (Å²) >= 11 is 0. The first-order chi connectivity index (χ1) is 12.9. The summed E-state index contributed by atoms with van der Waals surface area (Å²) in [6.45, 7) is 7.74. The Kier molecular flexibility index (Phi) is 7.41. The molecule has 0 spiro atoms. The number of carbonyl (C=O) groups excluding carboxylic acids is 2. The molecular weight excluding hydrogens is 340 g/mol. The van der Waals surface area contributed by atoms with Crippen molar-refractivity contribution >= 4 is 11.8 Å². The number of para-hydroxylation sites is 1. The molecule has 2 amide bonds. The maximum atomic E-state index is 12.3. The highest BCUT2D eigenvalue weighted by Crippen LogP contribution is 2.18. The van der Waals surface area contributed by atoms with E-state index in [-0.39, 0.29) is 24.5 Å². The molecule has 5 nitrogen and oxygen atoms in total. The van der Waals surface area contributed by atoms with Gasteiger partial charge in [-0.1, -0.05) is 56.3 Å². The molecule has 0 saturated carbocycles. The molecule has 2 aromatic carbocycles. The highest BCUT2D eigenvalue weighted by atomic mass is 16.5. The lowest BCUT2D eigenvalue weighted by atomic mass is 9.99. The topological polar surface area (TPSA) is 67.4 Å². The zero-order chi connectivity index (χ0) is 19.8. The fourth-order valence-electron chi connectivity index (χ4n) is 2.61. The molecule has 0 aliphatic rings. The Morgan fingerprint density at radius 1 is 0.852 bits per heavy atom. The highest BCUT2D eigenvalue weighted by Gasteiger charge is 2.18. The molecule has 5 heteroatoms. The van der Waals surface area contributed by atoms with Crippen LogP contribution in [0.4, 0.5) is 0 Å². The first-order valence-electron chi connectivity index (χ1n) is 9.24. The minimum Gasteiger partial charge on any atom is -0.484 e. The summed E-state index contributed by atoms with van der Waals surface area (Å²) in [5.74, 6) is 0.513. The number of carbonyl (C=O) groups is 2. The van der Waals surface area contributed by atoms with Crippen LogP contribution in [-0.4, -0.2) is 24.5 Å². The first kappa shape index (κ1) is 20.5. The second-order valence-corrected chi connectivity index (χ2v) is 6.94. The van der Waals surface area contributed by atoms with Crippen molar-refractivity contribution in [3.63, 3.8) is 0 Å². The molecule has 27 heavy (non-hydrogen) atoms. The van der Waals surface area contributed by atoms with Gasteiger partial charge >= 0.3 is 0 Å². The maximum Gasteiger partial charge on any atom is 0.258 e. The zero-order valence-electron chi connectivity index (χ0n) is 16.4. The van der Waals surface area contributed by atoms with Gasteiger partial charge in [0, 0.05) is 0 Å². The van der Waals surface area contributed by atoms with E-state index >= 15 is 0 Å². The van der Waals surface area contributed by atoms with Gasteiger partial charge in [0.25, 0.3) is 5.91 Å². The van der Waals surface area contributed by atoms with Crippen molar-refractivity contribution in [2.75, 3.05) is 6.61 Å². The number of amides is 2. The number of rotatable bonds is 8. The van der Waals surface area contributed by atoms with Gasteiger partial charge in [-0.2, -0.15) is 0 Å². The Morgan fingerprint density at radius 3 is 2.04 bits per heavy atom. The third-order valence-electron chi connectivity index (χ3n) is 4.35. The molecule has 144 valence electrons. The summed E-state index contributed by atoms with van der Waals surface area (Å²) in [6.07, 6.45) is 0. The van der Waals surface area contributed by atoms with Gasteiger partial charge in [-0.05, 0) is 43.0 Å². The Labute approximate surface area is 161 Å². The van der Waals surface area contributed by atoms with E-state index in [1.165, 1.54) is 5.56 Å². The van der Waals surface area contributed by atoms with Crippen LogP contribution < -0.4 is 15.4 Å². The van der Waals surface area contributed by atoms with Crippen molar-refractivity contribution in [3.8, 4) is 5.75 Å². The van der Waals surface area contributed by atoms with Crippen LogP contribution in [0.2, 0.25) is 0 Å². The SMILES string of the molecule is CC(NC(=O)COc1ccccc1)C(=O)NC(C)c1ccc(C(C)C)cc1. The second kappa shape index (κ2) is 9.76. The van der Waals surface area contributed by atoms with Crippen molar-refractivity contribution in [2.45, 2.75) is 45.7 Å². The molecule has 0 aliphatic carbocycles. The van der Waals surface area contributed by atoms with Crippen molar-refractivity contribution in [2.24, 2.45) is 0 Å². The molecular formula is C22H28N2O3. The first-order valence-corrected chi connectivity index (χ1v) is 9.24. The van der Waals surface area contributed by atoms with Crippen LogP contribution in [0.5, 0.6) is 5.75 Å². The predicted molar refractivity (Wildman–Crippen MR) is 107 cm³/mol. The van der Waals surface area contributed by atoms with Crippen LogP contribution in [0.3, 0.4) is 0 Å². The fourth-order valence-corrected chi connectivity index (χ4v) is 2.61. The third-order valence-corrected chi connectivity index (χ3v) is 4.35. The Hall–Kier alpha value is -2.82. The van der Waals surface area contributed by atoms with E-state index in [0.717, 1.165) is 5.56 Å². The van der Waals surface area contributed by atoms with Crippen LogP contribution in [0.1, 0.15) is 50.8 Å². The van der Waals surface area contributed by atoms with Gasteiger partial charge in [0.15, 0.2) is 6.61 Å². The zero-order valence-corrected chi connectivity index (χ0v) is 16.4. The van der Waals surface area contributed by atoms with Crippen LogP contribution in [0.25, 0.3) is 0 Å². The number of hydrogen-bond acceptors (Lipinski definition) is 3. The van der Waals surface area contributed by atoms with Crippen LogP contribution >= 0.6 is 0 Å². The number of benzene rings is 2. The van der Waals surface area contributed by atoms with Gasteiger partial charge in [-0.3, -0.25) is 9.59 Å². The van der Waals surface area contributed by atoms with E-state index in [1.807, 2.05) is 37.3 Å². The van der Waals surface area contributed by atoms with Crippen molar-refractivity contribution < 1.29 is 14.3 Å². The Morgan fingerprint density at radius 2 is 1.44 bits per heavy atom. The molecule has 2 aromatic rings. The number of nitrogens with one attached hydrogen (secondary N) is 2. The summed E-state index contributed by atoms with van der Waals surface area (Å²) in [4.78, 5) is 24.3. The van der Waals surface area contributed by atoms with E-state index in [4.69, 9.17) is 4.74 Å². The lowest BCUT2D eigenvalue weighted by Crippen LogP contribution is -2.46. The van der Waals surface area contributed by atoms with Crippen LogP contribution in [0, 0.1) is 0 Å². The van der Waals surface area contributed by atoms with Crippen molar-refractivity contribution in [3.05, 3.63) is 65.7 Å². The van der Waals surface area contributed by atoms with Gasteiger partial charge in [0.05, 0.1) is 6.04 Å². The Bertz CT molecular complexity index is 742. The van der Waals surface area contributed by atoms with Crippen LogP contribution in [-0.2, 0) is 9.59 Å². The Balaban J connectivity index is 1.80. The lowest BCUT2D eigenvalue weighted by molar-refractivity contribution is -0.129. The molecule has 0 aromatic heterocycles. The molecule has 0 saturated heterocycles. The smallest absolute Gasteiger partial charge is 0.258 e. The quantitative estimate of drug-likeness (QED) is 0.748. The van der Waals surface area contributed by atoms with Crippen molar-refractivity contribution in [1.29, 1.82) is 0 Å². The second-order valence-electron chi connectivity index (χ2n) is 6.94. The summed E-state index contributed by atoms with van der Waals surface area (Å²) in [5, 5.41) is 5.58. The summed E-state index contributed by atoms with van der Waals surface area (Å²) in [7, 11) is 0.